The summed E-state index contributed by atoms with van der Waals surface area (Å²) in [5, 5.41) is 74.5. The van der Waals surface area contributed by atoms with Gasteiger partial charge in [0.1, 0.15) is 42.2 Å². The Morgan fingerprint density at radius 1 is 1.00 bits per heavy atom. The summed E-state index contributed by atoms with van der Waals surface area (Å²) < 4.78 is 23.9. The second kappa shape index (κ2) is 11.4. The highest BCUT2D eigenvalue weighted by molar-refractivity contribution is 5.90. The Morgan fingerprint density at radius 3 is 2.41 bits per heavy atom. The van der Waals surface area contributed by atoms with Gasteiger partial charge in [-0.2, -0.15) is 0 Å². The third-order valence-electron chi connectivity index (χ3n) is 14.3. The minimum atomic E-state index is -1.58. The first kappa shape index (κ1) is 33.3. The fourth-order valence-electron chi connectivity index (χ4n) is 11.6. The zero-order valence-corrected chi connectivity index (χ0v) is 27.2. The zero-order valence-electron chi connectivity index (χ0n) is 27.2. The Hall–Kier alpha value is -1.19. The average molecular weight is 653 g/mol. The fourth-order valence-corrected chi connectivity index (χ4v) is 11.6. The lowest BCUT2D eigenvalue weighted by Gasteiger charge is -2.64. The number of epoxide rings is 1. The second-order valence-corrected chi connectivity index (χ2v) is 16.1. The van der Waals surface area contributed by atoms with Crippen molar-refractivity contribution in [1.29, 1.82) is 0 Å². The predicted octanol–water partition coefficient (Wildman–Crippen LogP) is 0.164. The van der Waals surface area contributed by atoms with Crippen molar-refractivity contribution in [3.8, 4) is 0 Å². The van der Waals surface area contributed by atoms with Crippen molar-refractivity contribution in [1.82, 2.24) is 0 Å². The molecule has 260 valence electrons. The number of esters is 1. The van der Waals surface area contributed by atoms with E-state index in [-0.39, 0.29) is 54.8 Å². The van der Waals surface area contributed by atoms with E-state index in [2.05, 4.69) is 13.8 Å². The first-order valence-electron chi connectivity index (χ1n) is 17.2. The lowest BCUT2D eigenvalue weighted by Crippen LogP contribution is -2.71. The van der Waals surface area contributed by atoms with E-state index in [1.165, 1.54) is 0 Å². The van der Waals surface area contributed by atoms with Crippen LogP contribution in [0.15, 0.2) is 11.1 Å². The topological polar surface area (TPSA) is 199 Å². The van der Waals surface area contributed by atoms with Crippen molar-refractivity contribution in [2.24, 2.45) is 40.4 Å². The molecular weight excluding hydrogens is 600 g/mol. The van der Waals surface area contributed by atoms with E-state index in [0.717, 1.165) is 31.3 Å². The lowest BCUT2D eigenvalue weighted by atomic mass is 9.42. The van der Waals surface area contributed by atoms with Crippen LogP contribution in [0.2, 0.25) is 0 Å². The molecule has 4 aliphatic carbocycles. The predicted molar refractivity (Wildman–Crippen MR) is 160 cm³/mol. The van der Waals surface area contributed by atoms with Crippen molar-refractivity contribution < 1.29 is 59.5 Å². The van der Waals surface area contributed by atoms with E-state index >= 15 is 0 Å². The van der Waals surface area contributed by atoms with Gasteiger partial charge in [-0.3, -0.25) is 0 Å². The van der Waals surface area contributed by atoms with Crippen LogP contribution in [0, 0.1) is 40.4 Å². The molecule has 0 aromatic carbocycles. The van der Waals surface area contributed by atoms with E-state index in [1.54, 1.807) is 0 Å². The molecule has 13 unspecified atom stereocenters. The highest BCUT2D eigenvalue weighted by Gasteiger charge is 2.78. The summed E-state index contributed by atoms with van der Waals surface area (Å²) in [5.74, 6) is 0.563. The van der Waals surface area contributed by atoms with Gasteiger partial charge in [0.25, 0.3) is 0 Å². The lowest BCUT2D eigenvalue weighted by molar-refractivity contribution is -0.329. The molecule has 0 radical (unpaired) electrons. The van der Waals surface area contributed by atoms with Gasteiger partial charge >= 0.3 is 5.97 Å². The molecule has 0 aromatic heterocycles. The first-order valence-corrected chi connectivity index (χ1v) is 17.2. The minimum Gasteiger partial charge on any atom is -0.458 e. The molecule has 3 aliphatic heterocycles. The van der Waals surface area contributed by atoms with Crippen LogP contribution >= 0.6 is 0 Å². The zero-order chi connectivity index (χ0) is 33.1. The number of hydrogen-bond donors (Lipinski definition) is 7. The Balaban J connectivity index is 1.09. The summed E-state index contributed by atoms with van der Waals surface area (Å²) in [6.07, 6.45) is -4.92. The summed E-state index contributed by atoms with van der Waals surface area (Å²) in [4.78, 5) is 12.6. The standard InChI is InChI=1S/C34H52O12/c1-14-9-21(44-30(41)17(14)12-35)15(2)18-5-6-19-24-20(7-8-32(18,19)3)33(4)23(37)10-16(11-34(33,42)29-28(24)46-29)43-31-27(40)26(39)25(38)22(13-36)45-31/h15-16,18-29,31,35-40,42H,5-13H2,1-4H3/t15-,16+,18?,19?,20?,21?,22?,23+,24?,25?,26?,27?,28?,29?,31?,32-,33+,34?/m1/s1. The van der Waals surface area contributed by atoms with Crippen LogP contribution in [0.25, 0.3) is 0 Å². The fraction of sp³-hybridized carbons (Fsp3) is 0.912. The molecule has 7 aliphatic rings. The SMILES string of the molecule is CC1=C(CO)C(=O)OC([C@H](C)C2CCC3C4C5OC5C5(O)C[C@@H](OC6OC(CO)C(O)C(O)C6O)C[C@H](O)[C@]5(C)C4CC[C@@]32C)C1. The van der Waals surface area contributed by atoms with Gasteiger partial charge in [-0.1, -0.05) is 26.3 Å². The van der Waals surface area contributed by atoms with E-state index in [0.29, 0.717) is 23.8 Å². The molecule has 0 bridgehead atoms. The van der Waals surface area contributed by atoms with Crippen LogP contribution in [0.1, 0.15) is 72.6 Å². The Kier molecular flexibility index (Phi) is 8.28. The Bertz CT molecular complexity index is 1240. The maximum absolute atomic E-state index is 12.6. The van der Waals surface area contributed by atoms with Crippen LogP contribution in [0.4, 0.5) is 0 Å². The van der Waals surface area contributed by atoms with Gasteiger partial charge in [-0.25, -0.2) is 4.79 Å². The summed E-state index contributed by atoms with van der Waals surface area (Å²) >= 11 is 0. The number of rotatable bonds is 6. The van der Waals surface area contributed by atoms with Crippen LogP contribution < -0.4 is 0 Å². The molecule has 4 saturated carbocycles. The van der Waals surface area contributed by atoms with Gasteiger partial charge in [-0.05, 0) is 67.6 Å². The molecule has 3 heterocycles. The van der Waals surface area contributed by atoms with E-state index in [9.17, 15) is 40.5 Å². The Morgan fingerprint density at radius 2 is 1.74 bits per heavy atom. The summed E-state index contributed by atoms with van der Waals surface area (Å²) in [5.41, 5.74) is -1.01. The third kappa shape index (κ3) is 4.58. The number of cyclic esters (lactones) is 1. The molecule has 12 heteroatoms. The molecule has 12 nitrogen and oxygen atoms in total. The number of fused-ring (bicyclic) bond motifs is 8. The van der Waals surface area contributed by atoms with E-state index in [4.69, 9.17) is 18.9 Å². The van der Waals surface area contributed by atoms with Crippen molar-refractivity contribution in [3.63, 3.8) is 0 Å². The molecule has 2 saturated heterocycles. The largest absolute Gasteiger partial charge is 0.458 e. The van der Waals surface area contributed by atoms with Crippen LogP contribution in [0.3, 0.4) is 0 Å². The van der Waals surface area contributed by atoms with Crippen molar-refractivity contribution in [3.05, 3.63) is 11.1 Å². The van der Waals surface area contributed by atoms with Crippen molar-refractivity contribution >= 4 is 5.97 Å². The average Bonchev–Trinajstić information content (AvgIpc) is 3.74. The molecule has 18 atom stereocenters. The first-order chi connectivity index (χ1) is 21.7. The molecule has 0 spiro atoms. The Labute approximate surface area is 269 Å². The van der Waals surface area contributed by atoms with Gasteiger partial charge in [-0.15, -0.1) is 0 Å². The highest BCUT2D eigenvalue weighted by Crippen LogP contribution is 2.73. The molecule has 46 heavy (non-hydrogen) atoms. The third-order valence-corrected chi connectivity index (χ3v) is 14.3. The maximum Gasteiger partial charge on any atom is 0.336 e. The van der Waals surface area contributed by atoms with Gasteiger partial charge in [0.2, 0.25) is 0 Å². The molecule has 6 fully saturated rings. The van der Waals surface area contributed by atoms with Crippen LogP contribution in [-0.2, 0) is 23.7 Å². The van der Waals surface area contributed by atoms with Crippen molar-refractivity contribution in [2.75, 3.05) is 13.2 Å². The van der Waals surface area contributed by atoms with Crippen molar-refractivity contribution in [2.45, 2.75) is 139 Å². The molecular formula is C34H52O12. The van der Waals surface area contributed by atoms with Gasteiger partial charge in [0.05, 0.1) is 37.1 Å². The van der Waals surface area contributed by atoms with E-state index in [1.807, 2.05) is 13.8 Å². The number of carbonyl (C=O) groups is 1. The second-order valence-electron chi connectivity index (χ2n) is 16.1. The highest BCUT2D eigenvalue weighted by atomic mass is 16.7. The molecule has 0 aromatic rings. The van der Waals surface area contributed by atoms with Gasteiger partial charge < -0.3 is 54.7 Å². The minimum absolute atomic E-state index is 0.0152. The monoisotopic (exact) mass is 652 g/mol. The summed E-state index contributed by atoms with van der Waals surface area (Å²) in [6, 6.07) is 0. The van der Waals surface area contributed by atoms with Crippen LogP contribution in [-0.4, -0.2) is 122 Å². The number of aliphatic hydroxyl groups is 7. The quantitative estimate of drug-likeness (QED) is 0.117. The van der Waals surface area contributed by atoms with Gasteiger partial charge in [0.15, 0.2) is 6.29 Å². The number of ether oxygens (including phenoxy) is 4. The normalized spacial score (nSPS) is 55.5. The van der Waals surface area contributed by atoms with E-state index < -0.39 is 72.6 Å². The van der Waals surface area contributed by atoms with Gasteiger partial charge in [0, 0.05) is 24.7 Å². The molecule has 0 amide bonds. The summed E-state index contributed by atoms with van der Waals surface area (Å²) in [7, 11) is 0. The number of aliphatic hydroxyl groups excluding tert-OH is 6. The summed E-state index contributed by atoms with van der Waals surface area (Å²) in [6.45, 7) is 7.57. The smallest absolute Gasteiger partial charge is 0.336 e. The number of hydrogen-bond acceptors (Lipinski definition) is 12. The maximum atomic E-state index is 12.6. The molecule has 7 rings (SSSR count). The number of carbonyl (C=O) groups excluding carboxylic acids is 1. The van der Waals surface area contributed by atoms with Crippen LogP contribution in [0.5, 0.6) is 0 Å². The molecule has 7 N–H and O–H groups in total.